The highest BCUT2D eigenvalue weighted by atomic mass is 16.5. The Kier molecular flexibility index (Phi) is 8.57. The molecule has 0 aliphatic heterocycles. The van der Waals surface area contributed by atoms with Crippen molar-refractivity contribution in [3.05, 3.63) is 54.1 Å². The molecule has 2 aromatic rings. The van der Waals surface area contributed by atoms with E-state index >= 15 is 0 Å². The lowest BCUT2D eigenvalue weighted by Crippen LogP contribution is -2.27. The summed E-state index contributed by atoms with van der Waals surface area (Å²) in [6.07, 6.45) is 0. The molecule has 166 valence electrons. The normalized spacial score (nSPS) is 10.8. The summed E-state index contributed by atoms with van der Waals surface area (Å²) in [6.45, 7) is 6.45. The highest BCUT2D eigenvalue weighted by molar-refractivity contribution is 5.97. The van der Waals surface area contributed by atoms with Gasteiger partial charge in [-0.3, -0.25) is 14.4 Å². The number of anilines is 3. The van der Waals surface area contributed by atoms with Gasteiger partial charge in [0, 0.05) is 41.7 Å². The van der Waals surface area contributed by atoms with E-state index in [0.717, 1.165) is 0 Å². The van der Waals surface area contributed by atoms with E-state index in [1.807, 2.05) is 26.8 Å². The molecule has 0 atom stereocenters. The van der Waals surface area contributed by atoms with Crippen LogP contribution in [0.5, 0.6) is 0 Å². The van der Waals surface area contributed by atoms with Crippen LogP contribution < -0.4 is 21.3 Å². The summed E-state index contributed by atoms with van der Waals surface area (Å²) < 4.78 is 4.90. The molecule has 0 aliphatic carbocycles. The molecule has 8 heteroatoms. The third kappa shape index (κ3) is 8.10. The minimum Gasteiger partial charge on any atom is -0.383 e. The Morgan fingerprint density at radius 3 is 2.23 bits per heavy atom. The van der Waals surface area contributed by atoms with Crippen LogP contribution >= 0.6 is 0 Å². The van der Waals surface area contributed by atoms with Gasteiger partial charge in [-0.25, -0.2) is 0 Å². The molecule has 0 aliphatic rings. The van der Waals surface area contributed by atoms with Gasteiger partial charge in [-0.15, -0.1) is 0 Å². The summed E-state index contributed by atoms with van der Waals surface area (Å²) in [7, 11) is 1.57. The van der Waals surface area contributed by atoms with Crippen molar-refractivity contribution >= 4 is 34.8 Å². The molecule has 31 heavy (non-hydrogen) atoms. The Bertz CT molecular complexity index is 905. The quantitative estimate of drug-likeness (QED) is 0.461. The second-order valence-electron chi connectivity index (χ2n) is 8.01. The molecule has 0 radical (unpaired) electrons. The van der Waals surface area contributed by atoms with Gasteiger partial charge >= 0.3 is 0 Å². The van der Waals surface area contributed by atoms with Gasteiger partial charge in [0.05, 0.1) is 13.2 Å². The Balaban J connectivity index is 1.85. The Hall–Kier alpha value is -3.39. The van der Waals surface area contributed by atoms with E-state index < -0.39 is 5.41 Å². The van der Waals surface area contributed by atoms with E-state index in [0.29, 0.717) is 35.8 Å². The van der Waals surface area contributed by atoms with Gasteiger partial charge < -0.3 is 26.0 Å². The van der Waals surface area contributed by atoms with Gasteiger partial charge in [-0.2, -0.15) is 0 Å². The van der Waals surface area contributed by atoms with Gasteiger partial charge in [0.2, 0.25) is 11.8 Å². The standard InChI is InChI=1S/C23H30N4O4/c1-23(2,3)22(30)27-19-7-5-6-18(14-19)25-15-20(28)26-17-10-8-16(9-11-17)21(29)24-12-13-31-4/h5-11,14,25H,12-13,15H2,1-4H3,(H,24,29)(H,26,28)(H,27,30). The van der Waals surface area contributed by atoms with E-state index in [4.69, 9.17) is 4.74 Å². The first-order valence-corrected chi connectivity index (χ1v) is 10.0. The van der Waals surface area contributed by atoms with Crippen LogP contribution in [-0.2, 0) is 14.3 Å². The number of carbonyl (C=O) groups is 3. The second-order valence-corrected chi connectivity index (χ2v) is 8.01. The van der Waals surface area contributed by atoms with E-state index in [9.17, 15) is 14.4 Å². The van der Waals surface area contributed by atoms with Crippen LogP contribution in [0.4, 0.5) is 17.1 Å². The first-order valence-electron chi connectivity index (χ1n) is 10.0. The molecule has 0 aromatic heterocycles. The molecule has 0 unspecified atom stereocenters. The lowest BCUT2D eigenvalue weighted by Gasteiger charge is -2.18. The zero-order valence-electron chi connectivity index (χ0n) is 18.4. The zero-order chi connectivity index (χ0) is 22.9. The van der Waals surface area contributed by atoms with E-state index in [1.54, 1.807) is 49.6 Å². The molecule has 0 spiro atoms. The Morgan fingerprint density at radius 2 is 1.58 bits per heavy atom. The third-order valence-electron chi connectivity index (χ3n) is 4.28. The SMILES string of the molecule is COCCNC(=O)c1ccc(NC(=O)CNc2cccc(NC(=O)C(C)(C)C)c2)cc1. The van der Waals surface area contributed by atoms with Crippen LogP contribution in [0.3, 0.4) is 0 Å². The van der Waals surface area contributed by atoms with Crippen LogP contribution in [0, 0.1) is 5.41 Å². The number of rotatable bonds is 9. The minimum atomic E-state index is -0.497. The molecule has 8 nitrogen and oxygen atoms in total. The largest absolute Gasteiger partial charge is 0.383 e. The van der Waals surface area contributed by atoms with Gasteiger partial charge in [-0.1, -0.05) is 26.8 Å². The molecule has 0 saturated heterocycles. The maximum Gasteiger partial charge on any atom is 0.251 e. The lowest BCUT2D eigenvalue weighted by molar-refractivity contribution is -0.123. The highest BCUT2D eigenvalue weighted by Crippen LogP contribution is 2.20. The molecule has 0 heterocycles. The summed E-state index contributed by atoms with van der Waals surface area (Å²) in [5.41, 5.74) is 1.96. The first kappa shape index (κ1) is 23.9. The van der Waals surface area contributed by atoms with Gasteiger partial charge in [0.25, 0.3) is 5.91 Å². The molecular formula is C23H30N4O4. The molecule has 0 fully saturated rings. The summed E-state index contributed by atoms with van der Waals surface area (Å²) in [4.78, 5) is 36.3. The van der Waals surface area contributed by atoms with Crippen molar-refractivity contribution in [3.63, 3.8) is 0 Å². The van der Waals surface area contributed by atoms with E-state index in [1.165, 1.54) is 0 Å². The molecule has 0 bridgehead atoms. The molecule has 4 N–H and O–H groups in total. The fourth-order valence-corrected chi connectivity index (χ4v) is 2.49. The number of carbonyl (C=O) groups excluding carboxylic acids is 3. The van der Waals surface area contributed by atoms with Crippen LogP contribution in [0.2, 0.25) is 0 Å². The van der Waals surface area contributed by atoms with Crippen LogP contribution in [0.15, 0.2) is 48.5 Å². The first-order chi connectivity index (χ1) is 14.7. The number of benzene rings is 2. The number of amides is 3. The fourth-order valence-electron chi connectivity index (χ4n) is 2.49. The third-order valence-corrected chi connectivity index (χ3v) is 4.28. The summed E-state index contributed by atoms with van der Waals surface area (Å²) in [6, 6.07) is 13.8. The van der Waals surface area contributed by atoms with Crippen molar-refractivity contribution in [2.24, 2.45) is 5.41 Å². The molecule has 0 saturated carbocycles. The number of nitrogens with one attached hydrogen (secondary N) is 4. The number of methoxy groups -OCH3 is 1. The van der Waals surface area contributed by atoms with Crippen molar-refractivity contribution < 1.29 is 19.1 Å². The zero-order valence-corrected chi connectivity index (χ0v) is 18.4. The monoisotopic (exact) mass is 426 g/mol. The fraction of sp³-hybridized carbons (Fsp3) is 0.348. The molecule has 2 rings (SSSR count). The molecule has 3 amide bonds. The Morgan fingerprint density at radius 1 is 0.903 bits per heavy atom. The van der Waals surface area contributed by atoms with Crippen molar-refractivity contribution in [2.45, 2.75) is 20.8 Å². The lowest BCUT2D eigenvalue weighted by atomic mass is 9.95. The topological polar surface area (TPSA) is 109 Å². The average Bonchev–Trinajstić information content (AvgIpc) is 2.72. The predicted octanol–water partition coefficient (Wildman–Crippen LogP) is 3.10. The second kappa shape index (κ2) is 11.1. The number of ether oxygens (including phenoxy) is 1. The van der Waals surface area contributed by atoms with Crippen molar-refractivity contribution in [1.82, 2.24) is 5.32 Å². The van der Waals surface area contributed by atoms with Crippen LogP contribution in [0.1, 0.15) is 31.1 Å². The average molecular weight is 427 g/mol. The van der Waals surface area contributed by atoms with Crippen molar-refractivity contribution in [2.75, 3.05) is 42.8 Å². The molecular weight excluding hydrogens is 396 g/mol. The summed E-state index contributed by atoms with van der Waals surface area (Å²) in [5.74, 6) is -0.519. The van der Waals surface area contributed by atoms with Crippen LogP contribution in [0.25, 0.3) is 0 Å². The Labute approximate surface area is 182 Å². The van der Waals surface area contributed by atoms with E-state index in [-0.39, 0.29) is 24.3 Å². The maximum absolute atomic E-state index is 12.2. The predicted molar refractivity (Wildman–Crippen MR) is 122 cm³/mol. The highest BCUT2D eigenvalue weighted by Gasteiger charge is 2.21. The summed E-state index contributed by atoms with van der Waals surface area (Å²) >= 11 is 0. The van der Waals surface area contributed by atoms with E-state index in [2.05, 4.69) is 21.3 Å². The molecule has 2 aromatic carbocycles. The number of hydrogen-bond acceptors (Lipinski definition) is 5. The van der Waals surface area contributed by atoms with Crippen LogP contribution in [-0.4, -0.2) is 44.5 Å². The summed E-state index contributed by atoms with van der Waals surface area (Å²) in [5, 5.41) is 11.4. The smallest absolute Gasteiger partial charge is 0.251 e. The van der Waals surface area contributed by atoms with Gasteiger partial charge in [0.15, 0.2) is 0 Å². The van der Waals surface area contributed by atoms with Crippen molar-refractivity contribution in [1.29, 1.82) is 0 Å². The van der Waals surface area contributed by atoms with Gasteiger partial charge in [-0.05, 0) is 42.5 Å². The maximum atomic E-state index is 12.2. The minimum absolute atomic E-state index is 0.0515. The number of hydrogen-bond donors (Lipinski definition) is 4. The van der Waals surface area contributed by atoms with Crippen molar-refractivity contribution in [3.8, 4) is 0 Å². The van der Waals surface area contributed by atoms with Gasteiger partial charge in [0.1, 0.15) is 0 Å².